The smallest absolute Gasteiger partial charge is 0.323 e. The topological polar surface area (TPSA) is 81.4 Å². The quantitative estimate of drug-likeness (QED) is 0.791. The highest BCUT2D eigenvalue weighted by molar-refractivity contribution is 5.77. The van der Waals surface area contributed by atoms with Gasteiger partial charge in [0.05, 0.1) is 12.1 Å². The van der Waals surface area contributed by atoms with Crippen LogP contribution < -0.4 is 4.90 Å². The lowest BCUT2D eigenvalue weighted by Crippen LogP contribution is -2.32. The predicted molar refractivity (Wildman–Crippen MR) is 61.8 cm³/mol. The van der Waals surface area contributed by atoms with Gasteiger partial charge in [-0.1, -0.05) is 0 Å². The first kappa shape index (κ1) is 13.6. The third-order valence-electron chi connectivity index (χ3n) is 2.37. The SMILES string of the molecule is Cc1cc(F)c(C#N)cc1N(CC=O)CC(=O)O. The molecule has 0 saturated carbocycles. The number of aliphatic carboxylic acids is 1. The zero-order valence-electron chi connectivity index (χ0n) is 9.68. The first-order valence-electron chi connectivity index (χ1n) is 5.10. The van der Waals surface area contributed by atoms with Gasteiger partial charge in [0.1, 0.15) is 24.7 Å². The summed E-state index contributed by atoms with van der Waals surface area (Å²) in [6.07, 6.45) is 0.553. The number of rotatable bonds is 5. The summed E-state index contributed by atoms with van der Waals surface area (Å²) in [5.74, 6) is -1.78. The maximum absolute atomic E-state index is 13.3. The Morgan fingerprint density at radius 2 is 2.28 bits per heavy atom. The Morgan fingerprint density at radius 3 is 2.78 bits per heavy atom. The van der Waals surface area contributed by atoms with E-state index in [-0.39, 0.29) is 12.1 Å². The number of aldehydes is 1. The van der Waals surface area contributed by atoms with Gasteiger partial charge in [-0.3, -0.25) is 4.79 Å². The highest BCUT2D eigenvalue weighted by atomic mass is 19.1. The van der Waals surface area contributed by atoms with Crippen LogP contribution in [0.2, 0.25) is 0 Å². The lowest BCUT2D eigenvalue weighted by Gasteiger charge is -2.22. The third-order valence-corrected chi connectivity index (χ3v) is 2.37. The molecule has 1 N–H and O–H groups in total. The van der Waals surface area contributed by atoms with Crippen LogP contribution in [0.4, 0.5) is 10.1 Å². The van der Waals surface area contributed by atoms with Gasteiger partial charge in [0.2, 0.25) is 0 Å². The molecule has 0 saturated heterocycles. The number of hydrogen-bond donors (Lipinski definition) is 1. The van der Waals surface area contributed by atoms with Crippen LogP contribution in [0.1, 0.15) is 11.1 Å². The molecule has 18 heavy (non-hydrogen) atoms. The summed E-state index contributed by atoms with van der Waals surface area (Å²) < 4.78 is 13.3. The average molecular weight is 250 g/mol. The molecule has 5 nitrogen and oxygen atoms in total. The van der Waals surface area contributed by atoms with Crippen molar-refractivity contribution in [2.24, 2.45) is 0 Å². The fourth-order valence-electron chi connectivity index (χ4n) is 1.59. The number of hydrogen-bond acceptors (Lipinski definition) is 4. The molecule has 0 amide bonds. The summed E-state index contributed by atoms with van der Waals surface area (Å²) in [7, 11) is 0. The van der Waals surface area contributed by atoms with Crippen LogP contribution in [0.5, 0.6) is 0 Å². The standard InChI is InChI=1S/C12H11FN2O3/c1-8-4-10(13)9(6-14)5-11(8)15(2-3-16)7-12(17)18/h3-5H,2,7H2,1H3,(H,17,18). The molecule has 0 aromatic heterocycles. The van der Waals surface area contributed by atoms with Crippen LogP contribution in [0.25, 0.3) is 0 Å². The number of carboxylic acids is 1. The summed E-state index contributed by atoms with van der Waals surface area (Å²) in [6, 6.07) is 4.07. The van der Waals surface area contributed by atoms with Crippen LogP contribution in [-0.4, -0.2) is 30.5 Å². The number of carbonyl (C=O) groups excluding carboxylic acids is 1. The number of carboxylic acid groups (broad SMARTS) is 1. The molecule has 0 bridgehead atoms. The molecule has 1 aromatic rings. The molecule has 6 heteroatoms. The van der Waals surface area contributed by atoms with Gasteiger partial charge in [-0.05, 0) is 24.6 Å². The summed E-state index contributed by atoms with van der Waals surface area (Å²) in [4.78, 5) is 22.5. The zero-order chi connectivity index (χ0) is 13.7. The van der Waals surface area contributed by atoms with Crippen molar-refractivity contribution in [1.29, 1.82) is 5.26 Å². The Hall–Kier alpha value is -2.42. The Bertz CT molecular complexity index is 523. The lowest BCUT2D eigenvalue weighted by molar-refractivity contribution is -0.135. The number of halogens is 1. The van der Waals surface area contributed by atoms with Crippen molar-refractivity contribution in [3.63, 3.8) is 0 Å². The molecular weight excluding hydrogens is 239 g/mol. The van der Waals surface area contributed by atoms with E-state index in [4.69, 9.17) is 10.4 Å². The number of nitrogens with zero attached hydrogens (tertiary/aromatic N) is 2. The number of benzene rings is 1. The molecule has 0 aliphatic rings. The minimum absolute atomic E-state index is 0.135. The van der Waals surface area contributed by atoms with Crippen LogP contribution in [-0.2, 0) is 9.59 Å². The van der Waals surface area contributed by atoms with E-state index >= 15 is 0 Å². The van der Waals surface area contributed by atoms with E-state index in [0.717, 1.165) is 6.07 Å². The van der Waals surface area contributed by atoms with Crippen molar-refractivity contribution < 1.29 is 19.1 Å². The minimum atomic E-state index is -1.11. The Balaban J connectivity index is 3.23. The van der Waals surface area contributed by atoms with Crippen molar-refractivity contribution in [3.05, 3.63) is 29.1 Å². The Labute approximate surface area is 103 Å². The molecule has 0 fully saturated rings. The van der Waals surface area contributed by atoms with Gasteiger partial charge in [-0.2, -0.15) is 5.26 Å². The molecule has 0 unspecified atom stereocenters. The molecule has 0 radical (unpaired) electrons. The van der Waals surface area contributed by atoms with Crippen molar-refractivity contribution in [2.75, 3.05) is 18.0 Å². The Morgan fingerprint density at radius 1 is 1.61 bits per heavy atom. The van der Waals surface area contributed by atoms with E-state index < -0.39 is 18.3 Å². The van der Waals surface area contributed by atoms with Gasteiger partial charge < -0.3 is 14.8 Å². The third kappa shape index (κ3) is 3.04. The van der Waals surface area contributed by atoms with Crippen LogP contribution in [0.3, 0.4) is 0 Å². The number of carbonyl (C=O) groups is 2. The van der Waals surface area contributed by atoms with Crippen molar-refractivity contribution >= 4 is 17.9 Å². The van der Waals surface area contributed by atoms with Gasteiger partial charge in [0, 0.05) is 5.69 Å². The first-order chi connectivity index (χ1) is 8.49. The molecular formula is C12H11FN2O3. The van der Waals surface area contributed by atoms with Gasteiger partial charge >= 0.3 is 5.97 Å². The minimum Gasteiger partial charge on any atom is -0.480 e. The molecule has 1 aromatic carbocycles. The fourth-order valence-corrected chi connectivity index (χ4v) is 1.59. The van der Waals surface area contributed by atoms with Gasteiger partial charge in [0.15, 0.2) is 0 Å². The molecule has 0 aliphatic carbocycles. The second-order valence-electron chi connectivity index (χ2n) is 3.67. The number of nitriles is 1. The van der Waals surface area contributed by atoms with Gasteiger partial charge in [-0.25, -0.2) is 4.39 Å². The van der Waals surface area contributed by atoms with E-state index in [9.17, 15) is 14.0 Å². The molecule has 94 valence electrons. The van der Waals surface area contributed by atoms with E-state index in [1.165, 1.54) is 11.0 Å². The molecule has 0 spiro atoms. The molecule has 1 rings (SSSR count). The average Bonchev–Trinajstić information content (AvgIpc) is 2.28. The number of anilines is 1. The monoisotopic (exact) mass is 250 g/mol. The second kappa shape index (κ2) is 5.77. The predicted octanol–water partition coefficient (Wildman–Crippen LogP) is 1.10. The summed E-state index contributed by atoms with van der Waals surface area (Å²) in [5.41, 5.74) is 0.647. The van der Waals surface area contributed by atoms with Gasteiger partial charge in [0.25, 0.3) is 0 Å². The zero-order valence-corrected chi connectivity index (χ0v) is 9.68. The van der Waals surface area contributed by atoms with Crippen LogP contribution in [0.15, 0.2) is 12.1 Å². The summed E-state index contributed by atoms with van der Waals surface area (Å²) in [5, 5.41) is 17.5. The van der Waals surface area contributed by atoms with Crippen molar-refractivity contribution in [3.8, 4) is 6.07 Å². The van der Waals surface area contributed by atoms with E-state index in [0.29, 0.717) is 17.5 Å². The number of aryl methyl sites for hydroxylation is 1. The van der Waals surface area contributed by atoms with E-state index in [1.807, 2.05) is 0 Å². The fraction of sp³-hybridized carbons (Fsp3) is 0.250. The van der Waals surface area contributed by atoms with E-state index in [1.54, 1.807) is 13.0 Å². The lowest BCUT2D eigenvalue weighted by atomic mass is 10.1. The molecule has 0 heterocycles. The molecule has 0 atom stereocenters. The second-order valence-corrected chi connectivity index (χ2v) is 3.67. The highest BCUT2D eigenvalue weighted by Gasteiger charge is 2.15. The van der Waals surface area contributed by atoms with Crippen LogP contribution in [0, 0.1) is 24.1 Å². The van der Waals surface area contributed by atoms with Gasteiger partial charge in [-0.15, -0.1) is 0 Å². The summed E-state index contributed by atoms with van der Waals surface area (Å²) >= 11 is 0. The maximum Gasteiger partial charge on any atom is 0.323 e. The summed E-state index contributed by atoms with van der Waals surface area (Å²) in [6.45, 7) is 1.05. The maximum atomic E-state index is 13.3. The van der Waals surface area contributed by atoms with Crippen LogP contribution >= 0.6 is 0 Å². The first-order valence-corrected chi connectivity index (χ1v) is 5.10. The Kier molecular flexibility index (Phi) is 4.38. The molecule has 0 aliphatic heterocycles. The van der Waals surface area contributed by atoms with Crippen molar-refractivity contribution in [2.45, 2.75) is 6.92 Å². The normalized spacial score (nSPS) is 9.61. The van der Waals surface area contributed by atoms with E-state index in [2.05, 4.69) is 0 Å². The van der Waals surface area contributed by atoms with Crippen molar-refractivity contribution in [1.82, 2.24) is 0 Å². The largest absolute Gasteiger partial charge is 0.480 e. The highest BCUT2D eigenvalue weighted by Crippen LogP contribution is 2.23.